The van der Waals surface area contributed by atoms with Crippen molar-refractivity contribution in [2.75, 3.05) is 13.1 Å². The Morgan fingerprint density at radius 2 is 1.73 bits per heavy atom. The summed E-state index contributed by atoms with van der Waals surface area (Å²) in [4.78, 5) is 2.52. The second-order valence-corrected chi connectivity index (χ2v) is 6.90. The highest BCUT2D eigenvalue weighted by Gasteiger charge is 2.10. The van der Waals surface area contributed by atoms with Gasteiger partial charge >= 0.3 is 0 Å². The van der Waals surface area contributed by atoms with Gasteiger partial charge < -0.3 is 5.73 Å². The van der Waals surface area contributed by atoms with Gasteiger partial charge in [-0.2, -0.15) is 5.10 Å². The Bertz CT molecular complexity index is 470. The molecule has 0 bridgehead atoms. The first-order chi connectivity index (χ1) is 10.4. The minimum Gasteiger partial charge on any atom is -0.375 e. The van der Waals surface area contributed by atoms with E-state index in [0.717, 1.165) is 25.2 Å². The van der Waals surface area contributed by atoms with Gasteiger partial charge in [-0.15, -0.1) is 0 Å². The van der Waals surface area contributed by atoms with Gasteiger partial charge in [-0.25, -0.2) is 0 Å². The summed E-state index contributed by atoms with van der Waals surface area (Å²) in [7, 11) is 0. The normalized spacial score (nSPS) is 11.8. The maximum absolute atomic E-state index is 5.32. The standard InChI is InChI=1S/C17H28N4S/c1-13(2)10-21(11-14(3)4)12-16-7-5-15(6-8-16)9-19-20-17(18)22/h5-9,13-14H,10-12H2,1-4H3,(H3,18,20,22). The van der Waals surface area contributed by atoms with E-state index in [4.69, 9.17) is 18.0 Å². The highest BCUT2D eigenvalue weighted by molar-refractivity contribution is 7.80. The van der Waals surface area contributed by atoms with Gasteiger partial charge in [-0.1, -0.05) is 52.0 Å². The summed E-state index contributed by atoms with van der Waals surface area (Å²) in [6.45, 7) is 12.3. The van der Waals surface area contributed by atoms with Crippen LogP contribution in [0.4, 0.5) is 0 Å². The quantitative estimate of drug-likeness (QED) is 0.439. The fourth-order valence-corrected chi connectivity index (χ4v) is 2.43. The molecule has 0 aliphatic rings. The molecule has 4 nitrogen and oxygen atoms in total. The van der Waals surface area contributed by atoms with Crippen molar-refractivity contribution in [2.24, 2.45) is 22.7 Å². The van der Waals surface area contributed by atoms with Gasteiger partial charge in [0.1, 0.15) is 0 Å². The molecule has 1 rings (SSSR count). The van der Waals surface area contributed by atoms with E-state index in [-0.39, 0.29) is 5.11 Å². The van der Waals surface area contributed by atoms with Crippen LogP contribution in [0, 0.1) is 11.8 Å². The SMILES string of the molecule is CC(C)CN(Cc1ccc(C=NNC(N)=S)cc1)CC(C)C. The lowest BCUT2D eigenvalue weighted by molar-refractivity contribution is 0.211. The number of benzene rings is 1. The van der Waals surface area contributed by atoms with Crippen LogP contribution in [0.1, 0.15) is 38.8 Å². The van der Waals surface area contributed by atoms with E-state index >= 15 is 0 Å². The maximum atomic E-state index is 5.32. The molecule has 1 aromatic carbocycles. The van der Waals surface area contributed by atoms with E-state index in [1.165, 1.54) is 5.56 Å². The van der Waals surface area contributed by atoms with Crippen LogP contribution in [-0.4, -0.2) is 29.3 Å². The van der Waals surface area contributed by atoms with Crippen LogP contribution in [0.3, 0.4) is 0 Å². The van der Waals surface area contributed by atoms with Gasteiger partial charge in [0.2, 0.25) is 0 Å². The van der Waals surface area contributed by atoms with Gasteiger partial charge in [0.25, 0.3) is 0 Å². The van der Waals surface area contributed by atoms with Crippen LogP contribution in [0.25, 0.3) is 0 Å². The largest absolute Gasteiger partial charge is 0.375 e. The van der Waals surface area contributed by atoms with Crippen LogP contribution >= 0.6 is 12.2 Å². The zero-order valence-electron chi connectivity index (χ0n) is 14.0. The van der Waals surface area contributed by atoms with Gasteiger partial charge in [0.05, 0.1) is 6.21 Å². The molecule has 0 unspecified atom stereocenters. The van der Waals surface area contributed by atoms with E-state index < -0.39 is 0 Å². The van der Waals surface area contributed by atoms with Gasteiger partial charge in [0, 0.05) is 19.6 Å². The average Bonchev–Trinajstić information content (AvgIpc) is 2.38. The number of hydrogen-bond donors (Lipinski definition) is 2. The van der Waals surface area contributed by atoms with Crippen LogP contribution < -0.4 is 11.2 Å². The smallest absolute Gasteiger partial charge is 0.184 e. The van der Waals surface area contributed by atoms with Crippen molar-refractivity contribution < 1.29 is 0 Å². The molecule has 0 fully saturated rings. The van der Waals surface area contributed by atoms with E-state index in [1.807, 2.05) is 0 Å². The minimum atomic E-state index is 0.172. The monoisotopic (exact) mass is 320 g/mol. The third-order valence-electron chi connectivity index (χ3n) is 3.02. The summed E-state index contributed by atoms with van der Waals surface area (Å²) >= 11 is 4.70. The molecule has 0 spiro atoms. The number of nitrogens with two attached hydrogens (primary N) is 1. The molecule has 0 aliphatic carbocycles. The Balaban J connectivity index is 2.63. The Morgan fingerprint density at radius 1 is 1.18 bits per heavy atom. The lowest BCUT2D eigenvalue weighted by Crippen LogP contribution is -2.30. The predicted octanol–water partition coefficient (Wildman–Crippen LogP) is 2.97. The molecule has 22 heavy (non-hydrogen) atoms. The summed E-state index contributed by atoms with van der Waals surface area (Å²) in [5.41, 5.74) is 10.2. The minimum absolute atomic E-state index is 0.172. The number of hydrogen-bond acceptors (Lipinski definition) is 3. The Kier molecular flexibility index (Phi) is 8.06. The summed E-state index contributed by atoms with van der Waals surface area (Å²) in [5, 5.41) is 4.13. The van der Waals surface area contributed by atoms with Crippen molar-refractivity contribution in [3.63, 3.8) is 0 Å². The van der Waals surface area contributed by atoms with Crippen LogP contribution in [-0.2, 0) is 6.54 Å². The van der Waals surface area contributed by atoms with Crippen molar-refractivity contribution in [3.05, 3.63) is 35.4 Å². The number of nitrogens with one attached hydrogen (secondary N) is 1. The van der Waals surface area contributed by atoms with Gasteiger partial charge in [0.15, 0.2) is 5.11 Å². The first-order valence-electron chi connectivity index (χ1n) is 7.76. The Morgan fingerprint density at radius 3 is 2.18 bits per heavy atom. The topological polar surface area (TPSA) is 53.6 Å². The summed E-state index contributed by atoms with van der Waals surface area (Å²) in [6.07, 6.45) is 1.71. The molecule has 0 atom stereocenters. The second-order valence-electron chi connectivity index (χ2n) is 6.46. The molecule has 0 saturated heterocycles. The predicted molar refractivity (Wildman–Crippen MR) is 98.9 cm³/mol. The second kappa shape index (κ2) is 9.54. The molecule has 0 saturated carbocycles. The van der Waals surface area contributed by atoms with Gasteiger partial charge in [-0.05, 0) is 35.2 Å². The first kappa shape index (κ1) is 18.6. The first-order valence-corrected chi connectivity index (χ1v) is 8.17. The third kappa shape index (κ3) is 8.10. The van der Waals surface area contributed by atoms with E-state index in [9.17, 15) is 0 Å². The Labute approximate surface area is 139 Å². The lowest BCUT2D eigenvalue weighted by Gasteiger charge is -2.26. The van der Waals surface area contributed by atoms with Gasteiger partial charge in [-0.3, -0.25) is 10.3 Å². The molecule has 1 aromatic rings. The average molecular weight is 321 g/mol. The molecule has 0 aromatic heterocycles. The third-order valence-corrected chi connectivity index (χ3v) is 3.11. The van der Waals surface area contributed by atoms with Crippen molar-refractivity contribution in [1.29, 1.82) is 0 Å². The number of nitrogens with zero attached hydrogens (tertiary/aromatic N) is 2. The highest BCUT2D eigenvalue weighted by atomic mass is 32.1. The molecular formula is C17H28N4S. The molecule has 122 valence electrons. The lowest BCUT2D eigenvalue weighted by atomic mass is 10.1. The Hall–Kier alpha value is -1.46. The molecule has 0 amide bonds. The molecular weight excluding hydrogens is 292 g/mol. The summed E-state index contributed by atoms with van der Waals surface area (Å²) in [5.74, 6) is 1.35. The maximum Gasteiger partial charge on any atom is 0.184 e. The van der Waals surface area contributed by atoms with Crippen molar-refractivity contribution in [2.45, 2.75) is 34.2 Å². The van der Waals surface area contributed by atoms with E-state index in [2.05, 4.69) is 67.4 Å². The van der Waals surface area contributed by atoms with Crippen molar-refractivity contribution in [3.8, 4) is 0 Å². The highest BCUT2D eigenvalue weighted by Crippen LogP contribution is 2.11. The molecule has 0 radical (unpaired) electrons. The zero-order chi connectivity index (χ0) is 16.5. The molecule has 5 heteroatoms. The number of hydrazone groups is 1. The fourth-order valence-electron chi connectivity index (χ4n) is 2.37. The van der Waals surface area contributed by atoms with Crippen molar-refractivity contribution in [1.82, 2.24) is 10.3 Å². The van der Waals surface area contributed by atoms with Crippen LogP contribution in [0.15, 0.2) is 29.4 Å². The van der Waals surface area contributed by atoms with Crippen molar-refractivity contribution >= 4 is 23.5 Å². The molecule has 0 aliphatic heterocycles. The fraction of sp³-hybridized carbons (Fsp3) is 0.529. The summed E-state index contributed by atoms with van der Waals surface area (Å²) < 4.78 is 0. The number of rotatable bonds is 8. The molecule has 3 N–H and O–H groups in total. The van der Waals surface area contributed by atoms with E-state index in [0.29, 0.717) is 11.8 Å². The number of thiocarbonyl (C=S) groups is 1. The molecule has 0 heterocycles. The van der Waals surface area contributed by atoms with E-state index in [1.54, 1.807) is 6.21 Å². The van der Waals surface area contributed by atoms with Crippen LogP contribution in [0.5, 0.6) is 0 Å². The zero-order valence-corrected chi connectivity index (χ0v) is 14.9. The van der Waals surface area contributed by atoms with Crippen LogP contribution in [0.2, 0.25) is 0 Å². The summed E-state index contributed by atoms with van der Waals surface area (Å²) in [6, 6.07) is 8.41.